The van der Waals surface area contributed by atoms with E-state index in [1.54, 1.807) is 6.08 Å². The summed E-state index contributed by atoms with van der Waals surface area (Å²) in [5.74, 6) is -1.13. The quantitative estimate of drug-likeness (QED) is 0.531. The Morgan fingerprint density at radius 1 is 1.21 bits per heavy atom. The zero-order chi connectivity index (χ0) is 26.9. The van der Waals surface area contributed by atoms with Crippen LogP contribution in [0.5, 0.6) is 0 Å². The summed E-state index contributed by atoms with van der Waals surface area (Å²) in [6.45, 7) is 12.0. The van der Waals surface area contributed by atoms with Crippen LogP contribution in [0.1, 0.15) is 58.2 Å². The van der Waals surface area contributed by atoms with E-state index >= 15 is 0 Å². The van der Waals surface area contributed by atoms with Gasteiger partial charge in [0.15, 0.2) is 17.7 Å². The van der Waals surface area contributed by atoms with Gasteiger partial charge in [0.05, 0.1) is 19.3 Å². The average molecular weight is 520 g/mol. The van der Waals surface area contributed by atoms with Gasteiger partial charge >= 0.3 is 0 Å². The number of hydrogen-bond donors (Lipinski definition) is 3. The largest absolute Gasteiger partial charge is 0.392 e. The van der Waals surface area contributed by atoms with Crippen LogP contribution in [0.2, 0.25) is 0 Å². The highest BCUT2D eigenvalue weighted by Gasteiger charge is 2.78. The number of H-pyrrole nitrogens is 1. The SMILES string of the molecule is C=C(CO)CO[C@H]1C[C@H]2Cc3c([nH]c4ccccc34)[C@]2(C)C2(C)CC[C@@]34OC(C(=O)C=C3[C@]12O)C(C)(C)O4. The number of carbonyl (C=O) groups excluding carboxylic acids is 1. The number of carbonyl (C=O) groups is 1. The van der Waals surface area contributed by atoms with E-state index in [4.69, 9.17) is 14.2 Å². The summed E-state index contributed by atoms with van der Waals surface area (Å²) in [4.78, 5) is 17.1. The molecule has 3 heterocycles. The number of benzene rings is 1. The molecule has 1 saturated heterocycles. The summed E-state index contributed by atoms with van der Waals surface area (Å²) in [7, 11) is 0. The molecule has 1 aromatic carbocycles. The third kappa shape index (κ3) is 2.69. The molecule has 7 rings (SSSR count). The predicted octanol–water partition coefficient (Wildman–Crippen LogP) is 3.87. The molecule has 38 heavy (non-hydrogen) atoms. The smallest absolute Gasteiger partial charge is 0.195 e. The molecule has 3 aliphatic carbocycles. The lowest BCUT2D eigenvalue weighted by Crippen LogP contribution is -2.74. The summed E-state index contributed by atoms with van der Waals surface area (Å²) in [6.07, 6.45) is 2.90. The second-order valence-electron chi connectivity index (χ2n) is 13.1. The number of hydrogen-bond acceptors (Lipinski definition) is 6. The molecule has 1 aromatic heterocycles. The molecule has 2 aliphatic heterocycles. The molecule has 3 N–H and O–H groups in total. The number of ether oxygens (including phenoxy) is 3. The zero-order valence-corrected chi connectivity index (χ0v) is 22.6. The summed E-state index contributed by atoms with van der Waals surface area (Å²) in [5, 5.41) is 24.0. The standard InChI is InChI=1S/C31H37NO6/c1-17(15-33)16-36-24-13-18-12-20-19-8-6-7-9-21(19)32-25(20)29(18,5)28(4)10-11-30-23(31(24,28)35)14-22(34)26(37-30)27(2,3)38-30/h6-9,14,18,24,26,32-33,35H,1,10-13,15-16H2,2-5H3/t18-,24+,26?,28?,29-,30+,31+/m1/s1. The van der Waals surface area contributed by atoms with Gasteiger partial charge in [0.1, 0.15) is 11.2 Å². The third-order valence-electron chi connectivity index (χ3n) is 11.0. The Labute approximate surface area is 222 Å². The summed E-state index contributed by atoms with van der Waals surface area (Å²) in [6, 6.07) is 8.39. The van der Waals surface area contributed by atoms with E-state index in [0.717, 1.165) is 11.9 Å². The zero-order valence-electron chi connectivity index (χ0n) is 22.6. The Balaban J connectivity index is 1.43. The minimum atomic E-state index is -1.55. The molecule has 1 spiro atoms. The van der Waals surface area contributed by atoms with Gasteiger partial charge in [-0.1, -0.05) is 38.6 Å². The van der Waals surface area contributed by atoms with Gasteiger partial charge in [-0.25, -0.2) is 0 Å². The number of aliphatic hydroxyl groups is 2. The van der Waals surface area contributed by atoms with Crippen molar-refractivity contribution in [2.75, 3.05) is 13.2 Å². The van der Waals surface area contributed by atoms with E-state index < -0.39 is 40.0 Å². The van der Waals surface area contributed by atoms with Crippen molar-refractivity contribution >= 4 is 16.7 Å². The highest BCUT2D eigenvalue weighted by molar-refractivity contribution is 5.97. The van der Waals surface area contributed by atoms with E-state index in [9.17, 15) is 15.0 Å². The lowest BCUT2D eigenvalue weighted by Gasteiger charge is -2.67. The second-order valence-corrected chi connectivity index (χ2v) is 13.1. The first-order valence-corrected chi connectivity index (χ1v) is 13.8. The van der Waals surface area contributed by atoms with Crippen LogP contribution >= 0.6 is 0 Å². The minimum absolute atomic E-state index is 0.126. The first-order chi connectivity index (χ1) is 17.9. The van der Waals surface area contributed by atoms with E-state index in [0.29, 0.717) is 30.4 Å². The molecule has 2 saturated carbocycles. The number of aromatic nitrogens is 1. The van der Waals surface area contributed by atoms with Gasteiger partial charge in [0.25, 0.3) is 0 Å². The van der Waals surface area contributed by atoms with E-state index in [1.165, 1.54) is 16.6 Å². The van der Waals surface area contributed by atoms with Gasteiger partial charge in [-0.15, -0.1) is 0 Å². The molecule has 3 fully saturated rings. The van der Waals surface area contributed by atoms with Crippen LogP contribution in [0.25, 0.3) is 10.9 Å². The van der Waals surface area contributed by atoms with Crippen molar-refractivity contribution in [1.29, 1.82) is 0 Å². The van der Waals surface area contributed by atoms with Crippen molar-refractivity contribution in [3.8, 4) is 0 Å². The number of nitrogens with one attached hydrogen (secondary N) is 1. The fourth-order valence-corrected chi connectivity index (χ4v) is 8.85. The third-order valence-corrected chi connectivity index (χ3v) is 11.0. The number of rotatable bonds is 4. The summed E-state index contributed by atoms with van der Waals surface area (Å²) < 4.78 is 19.4. The second kappa shape index (κ2) is 7.46. The van der Waals surface area contributed by atoms with Crippen LogP contribution in [0.15, 0.2) is 48.1 Å². The van der Waals surface area contributed by atoms with E-state index in [1.807, 2.05) is 19.9 Å². The van der Waals surface area contributed by atoms with Crippen LogP contribution in [-0.4, -0.2) is 63.4 Å². The van der Waals surface area contributed by atoms with Gasteiger partial charge in [0, 0.05) is 39.4 Å². The average Bonchev–Trinajstić information content (AvgIpc) is 3.47. The van der Waals surface area contributed by atoms with Crippen molar-refractivity contribution in [3.05, 3.63) is 59.3 Å². The monoisotopic (exact) mass is 519 g/mol. The van der Waals surface area contributed by atoms with Crippen molar-refractivity contribution in [2.24, 2.45) is 11.3 Å². The van der Waals surface area contributed by atoms with Gasteiger partial charge in [-0.05, 0) is 62.3 Å². The lowest BCUT2D eigenvalue weighted by atomic mass is 9.41. The van der Waals surface area contributed by atoms with Crippen LogP contribution in [0.4, 0.5) is 0 Å². The summed E-state index contributed by atoms with van der Waals surface area (Å²) >= 11 is 0. The maximum Gasteiger partial charge on any atom is 0.195 e. The molecule has 7 nitrogen and oxygen atoms in total. The first-order valence-electron chi connectivity index (χ1n) is 13.8. The van der Waals surface area contributed by atoms with Crippen molar-refractivity contribution in [3.63, 3.8) is 0 Å². The Hall–Kier alpha value is -2.29. The molecular weight excluding hydrogens is 482 g/mol. The molecule has 2 unspecified atom stereocenters. The number of ketones is 1. The summed E-state index contributed by atoms with van der Waals surface area (Å²) in [5.41, 5.74) is 1.13. The molecule has 2 bridgehead atoms. The highest BCUT2D eigenvalue weighted by atomic mass is 16.8. The topological polar surface area (TPSA) is 101 Å². The fourth-order valence-electron chi connectivity index (χ4n) is 8.85. The molecule has 7 atom stereocenters. The number of para-hydroxylation sites is 1. The fraction of sp³-hybridized carbons (Fsp3) is 0.581. The van der Waals surface area contributed by atoms with Crippen molar-refractivity contribution in [2.45, 2.75) is 88.0 Å². The molecule has 0 radical (unpaired) electrons. The lowest BCUT2D eigenvalue weighted by molar-refractivity contribution is -0.279. The number of fused-ring (bicyclic) bond motifs is 9. The Morgan fingerprint density at radius 3 is 2.74 bits per heavy atom. The Kier molecular flexibility index (Phi) is 4.86. The first kappa shape index (κ1) is 24.7. The highest BCUT2D eigenvalue weighted by Crippen LogP contribution is 2.72. The van der Waals surface area contributed by atoms with E-state index in [-0.39, 0.29) is 24.9 Å². The van der Waals surface area contributed by atoms with Crippen molar-refractivity contribution in [1.82, 2.24) is 4.98 Å². The molecule has 202 valence electrons. The van der Waals surface area contributed by atoms with Gasteiger partial charge < -0.3 is 29.4 Å². The van der Waals surface area contributed by atoms with Crippen LogP contribution in [-0.2, 0) is 30.8 Å². The maximum atomic E-state index is 13.4. The molecule has 0 amide bonds. The number of aromatic amines is 1. The number of aliphatic hydroxyl groups excluding tert-OH is 1. The molecule has 2 aromatic rings. The Bertz CT molecular complexity index is 1420. The van der Waals surface area contributed by atoms with Crippen LogP contribution in [0, 0.1) is 11.3 Å². The van der Waals surface area contributed by atoms with Crippen LogP contribution in [0.3, 0.4) is 0 Å². The van der Waals surface area contributed by atoms with Crippen LogP contribution < -0.4 is 0 Å². The van der Waals surface area contributed by atoms with Crippen molar-refractivity contribution < 1.29 is 29.2 Å². The molecular formula is C31H37NO6. The van der Waals surface area contributed by atoms with Gasteiger partial charge in [0.2, 0.25) is 0 Å². The van der Waals surface area contributed by atoms with Gasteiger partial charge in [-0.3, -0.25) is 4.79 Å². The van der Waals surface area contributed by atoms with Gasteiger partial charge in [-0.2, -0.15) is 0 Å². The molecule has 7 heteroatoms. The minimum Gasteiger partial charge on any atom is -0.392 e. The Morgan fingerprint density at radius 2 is 1.97 bits per heavy atom. The maximum absolute atomic E-state index is 13.4. The normalized spacial score (nSPS) is 42.3. The molecule has 5 aliphatic rings. The van der Waals surface area contributed by atoms with E-state index in [2.05, 4.69) is 43.6 Å². The predicted molar refractivity (Wildman–Crippen MR) is 142 cm³/mol.